The molecule has 0 aliphatic rings. The molecule has 0 saturated carbocycles. The van der Waals surface area contributed by atoms with Crippen molar-refractivity contribution < 1.29 is 24.1 Å². The third kappa shape index (κ3) is 4.43. The molecule has 7 heteroatoms. The molecule has 176 valence electrons. The van der Waals surface area contributed by atoms with E-state index in [1.807, 2.05) is 48.7 Å². The van der Waals surface area contributed by atoms with E-state index in [0.717, 1.165) is 16.5 Å². The minimum absolute atomic E-state index is 0.187. The van der Waals surface area contributed by atoms with Crippen LogP contribution in [0.15, 0.2) is 66.9 Å². The third-order valence-electron chi connectivity index (χ3n) is 5.86. The van der Waals surface area contributed by atoms with Gasteiger partial charge in [0.15, 0.2) is 11.5 Å². The molecule has 1 atom stereocenters. The number of methoxy groups -OCH3 is 3. The van der Waals surface area contributed by atoms with Gasteiger partial charge >= 0.3 is 0 Å². The second kappa shape index (κ2) is 10.3. The van der Waals surface area contributed by atoms with Gasteiger partial charge in [0.2, 0.25) is 5.75 Å². The average molecular weight is 461 g/mol. The lowest BCUT2D eigenvalue weighted by atomic mass is 9.97. The summed E-state index contributed by atoms with van der Waals surface area (Å²) in [5.74, 6) is 1.17. The maximum Gasteiger partial charge on any atom is 0.252 e. The Balaban J connectivity index is 1.64. The number of amides is 1. The first kappa shape index (κ1) is 23.2. The summed E-state index contributed by atoms with van der Waals surface area (Å²) in [6, 6.07) is 18.4. The molecule has 4 aromatic rings. The molecule has 34 heavy (non-hydrogen) atoms. The Morgan fingerprint density at radius 1 is 0.912 bits per heavy atom. The quantitative estimate of drug-likeness (QED) is 0.348. The van der Waals surface area contributed by atoms with Crippen LogP contribution in [0.2, 0.25) is 0 Å². The molecule has 1 heterocycles. The molecule has 0 fully saturated rings. The van der Waals surface area contributed by atoms with Crippen molar-refractivity contribution in [1.82, 2.24) is 10.3 Å². The van der Waals surface area contributed by atoms with Crippen LogP contribution in [0.1, 0.15) is 15.9 Å². The van der Waals surface area contributed by atoms with Crippen molar-refractivity contribution in [3.8, 4) is 28.4 Å². The number of ether oxygens (including phenoxy) is 3. The van der Waals surface area contributed by atoms with Crippen LogP contribution >= 0.6 is 0 Å². The second-order valence-corrected chi connectivity index (χ2v) is 7.84. The zero-order valence-corrected chi connectivity index (χ0v) is 19.4. The molecule has 3 aromatic carbocycles. The number of carbonyl (C=O) groups excluding carboxylic acids is 1. The van der Waals surface area contributed by atoms with Gasteiger partial charge in [0.1, 0.15) is 0 Å². The van der Waals surface area contributed by atoms with Gasteiger partial charge in [0.05, 0.1) is 34.0 Å². The number of aromatic amines is 1. The van der Waals surface area contributed by atoms with E-state index in [-0.39, 0.29) is 12.5 Å². The van der Waals surface area contributed by atoms with Gasteiger partial charge in [-0.2, -0.15) is 0 Å². The van der Waals surface area contributed by atoms with Crippen molar-refractivity contribution in [2.75, 3.05) is 27.9 Å². The van der Waals surface area contributed by atoms with E-state index in [9.17, 15) is 9.90 Å². The number of rotatable bonds is 9. The molecule has 0 spiro atoms. The Morgan fingerprint density at radius 3 is 2.38 bits per heavy atom. The lowest BCUT2D eigenvalue weighted by Crippen LogP contribution is -2.39. The van der Waals surface area contributed by atoms with Crippen LogP contribution in [0.4, 0.5) is 0 Å². The molecule has 1 aromatic heterocycles. The predicted molar refractivity (Wildman–Crippen MR) is 132 cm³/mol. The standard InChI is InChI=1S/C27H28N2O5/c1-32-24-13-12-21(25(33-2)26(24)34-3)20-9-4-5-10-22(20)27(31)29-18(16-30)14-17-15-28-23-11-7-6-8-19(17)23/h4-13,15,18,28,30H,14,16H2,1-3H3,(H,29,31)/t18-/m1/s1. The van der Waals surface area contributed by atoms with E-state index >= 15 is 0 Å². The zero-order valence-electron chi connectivity index (χ0n) is 19.4. The fourth-order valence-corrected chi connectivity index (χ4v) is 4.22. The summed E-state index contributed by atoms with van der Waals surface area (Å²) in [6.07, 6.45) is 2.41. The first-order valence-electron chi connectivity index (χ1n) is 11.0. The maximum absolute atomic E-state index is 13.4. The van der Waals surface area contributed by atoms with Crippen molar-refractivity contribution in [2.45, 2.75) is 12.5 Å². The smallest absolute Gasteiger partial charge is 0.252 e. The number of aliphatic hydroxyl groups is 1. The summed E-state index contributed by atoms with van der Waals surface area (Å²) < 4.78 is 16.5. The summed E-state index contributed by atoms with van der Waals surface area (Å²) in [5.41, 5.74) is 3.89. The van der Waals surface area contributed by atoms with Crippen LogP contribution < -0.4 is 19.5 Å². The summed E-state index contributed by atoms with van der Waals surface area (Å²) >= 11 is 0. The first-order chi connectivity index (χ1) is 16.6. The second-order valence-electron chi connectivity index (χ2n) is 7.84. The van der Waals surface area contributed by atoms with E-state index in [1.165, 1.54) is 0 Å². The predicted octanol–water partition coefficient (Wildman–Crippen LogP) is 4.19. The molecule has 0 radical (unpaired) electrons. The molecule has 0 aliphatic carbocycles. The SMILES string of the molecule is COc1ccc(-c2ccccc2C(=O)N[C@@H](CO)Cc2c[nH]c3ccccc23)c(OC)c1OC. The van der Waals surface area contributed by atoms with Crippen molar-refractivity contribution in [2.24, 2.45) is 0 Å². The highest BCUT2D eigenvalue weighted by Gasteiger charge is 2.22. The van der Waals surface area contributed by atoms with Crippen LogP contribution in [-0.2, 0) is 6.42 Å². The minimum Gasteiger partial charge on any atom is -0.493 e. The van der Waals surface area contributed by atoms with Gasteiger partial charge in [-0.05, 0) is 41.8 Å². The van der Waals surface area contributed by atoms with Crippen LogP contribution in [0.25, 0.3) is 22.0 Å². The van der Waals surface area contributed by atoms with E-state index in [2.05, 4.69) is 10.3 Å². The molecular weight excluding hydrogens is 432 g/mol. The monoisotopic (exact) mass is 460 g/mol. The number of hydrogen-bond acceptors (Lipinski definition) is 5. The van der Waals surface area contributed by atoms with Crippen molar-refractivity contribution in [3.63, 3.8) is 0 Å². The van der Waals surface area contributed by atoms with Gasteiger partial charge < -0.3 is 29.6 Å². The highest BCUT2D eigenvalue weighted by Crippen LogP contribution is 2.45. The Morgan fingerprint density at radius 2 is 1.65 bits per heavy atom. The zero-order chi connectivity index (χ0) is 24.1. The van der Waals surface area contributed by atoms with E-state index < -0.39 is 6.04 Å². The van der Waals surface area contributed by atoms with Crippen LogP contribution in [0.5, 0.6) is 17.2 Å². The number of aromatic nitrogens is 1. The Kier molecular flexibility index (Phi) is 7.04. The van der Waals surface area contributed by atoms with Gasteiger partial charge in [-0.15, -0.1) is 0 Å². The van der Waals surface area contributed by atoms with Crippen molar-refractivity contribution in [3.05, 3.63) is 78.0 Å². The molecule has 0 aliphatic heterocycles. The third-order valence-corrected chi connectivity index (χ3v) is 5.86. The fraction of sp³-hybridized carbons (Fsp3) is 0.222. The number of fused-ring (bicyclic) bond motifs is 1. The molecule has 1 amide bonds. The Hall–Kier alpha value is -3.97. The molecule has 4 rings (SSSR count). The summed E-state index contributed by atoms with van der Waals surface area (Å²) in [6.45, 7) is -0.187. The molecule has 0 saturated heterocycles. The summed E-state index contributed by atoms with van der Waals surface area (Å²) in [4.78, 5) is 16.6. The van der Waals surface area contributed by atoms with Crippen molar-refractivity contribution >= 4 is 16.8 Å². The normalized spacial score (nSPS) is 11.8. The lowest BCUT2D eigenvalue weighted by molar-refractivity contribution is 0.0917. The molecule has 0 bridgehead atoms. The van der Waals surface area contributed by atoms with E-state index in [0.29, 0.717) is 40.4 Å². The minimum atomic E-state index is -0.452. The van der Waals surface area contributed by atoms with Crippen LogP contribution in [0.3, 0.4) is 0 Å². The summed E-state index contributed by atoms with van der Waals surface area (Å²) in [5, 5.41) is 14.1. The van der Waals surface area contributed by atoms with Gasteiger partial charge in [0.25, 0.3) is 5.91 Å². The number of aliphatic hydroxyl groups excluding tert-OH is 1. The van der Waals surface area contributed by atoms with E-state index in [4.69, 9.17) is 14.2 Å². The van der Waals surface area contributed by atoms with Gasteiger partial charge in [-0.3, -0.25) is 4.79 Å². The molecular formula is C27H28N2O5. The molecule has 3 N–H and O–H groups in total. The molecule has 0 unspecified atom stereocenters. The van der Waals surface area contributed by atoms with Gasteiger partial charge in [0, 0.05) is 28.2 Å². The number of benzene rings is 3. The van der Waals surface area contributed by atoms with Gasteiger partial charge in [-0.25, -0.2) is 0 Å². The number of nitrogens with one attached hydrogen (secondary N) is 2. The first-order valence-corrected chi connectivity index (χ1v) is 11.0. The highest BCUT2D eigenvalue weighted by atomic mass is 16.5. The lowest BCUT2D eigenvalue weighted by Gasteiger charge is -2.19. The number of H-pyrrole nitrogens is 1. The van der Waals surface area contributed by atoms with Crippen molar-refractivity contribution in [1.29, 1.82) is 0 Å². The van der Waals surface area contributed by atoms with Crippen LogP contribution in [0, 0.1) is 0 Å². The topological polar surface area (TPSA) is 92.8 Å². The highest BCUT2D eigenvalue weighted by molar-refractivity contribution is 6.02. The average Bonchev–Trinajstić information content (AvgIpc) is 3.29. The van der Waals surface area contributed by atoms with Crippen LogP contribution in [-0.4, -0.2) is 50.0 Å². The fourth-order valence-electron chi connectivity index (χ4n) is 4.22. The number of hydrogen-bond donors (Lipinski definition) is 3. The Labute approximate surface area is 198 Å². The Bertz CT molecular complexity index is 1300. The summed E-state index contributed by atoms with van der Waals surface area (Å²) in [7, 11) is 4.65. The van der Waals surface area contributed by atoms with Gasteiger partial charge in [-0.1, -0.05) is 36.4 Å². The molecule has 7 nitrogen and oxygen atoms in total. The van der Waals surface area contributed by atoms with E-state index in [1.54, 1.807) is 39.5 Å². The number of carbonyl (C=O) groups is 1. The number of para-hydroxylation sites is 1. The maximum atomic E-state index is 13.4. The largest absolute Gasteiger partial charge is 0.493 e.